The highest BCUT2D eigenvalue weighted by Gasteiger charge is 2.31. The Balaban J connectivity index is 2.22. The lowest BCUT2D eigenvalue weighted by Crippen LogP contribution is -2.47. The average Bonchev–Trinajstić information content (AvgIpc) is 2.85. The van der Waals surface area contributed by atoms with Crippen LogP contribution in [0.3, 0.4) is 0 Å². The highest BCUT2D eigenvalue weighted by molar-refractivity contribution is 7.12. The fourth-order valence-electron chi connectivity index (χ4n) is 3.41. The molecule has 0 spiro atoms. The first kappa shape index (κ1) is 16.0. The molecule has 2 unspecified atom stereocenters. The van der Waals surface area contributed by atoms with Gasteiger partial charge in [0.25, 0.3) is 0 Å². The van der Waals surface area contributed by atoms with Crippen LogP contribution < -0.4 is 5.73 Å². The van der Waals surface area contributed by atoms with Gasteiger partial charge in [-0.05, 0) is 38.8 Å². The molecular weight excluding hydrogens is 268 g/mol. The third kappa shape index (κ3) is 3.82. The predicted molar refractivity (Wildman–Crippen MR) is 86.1 cm³/mol. The van der Waals surface area contributed by atoms with Crippen LogP contribution in [0.2, 0.25) is 0 Å². The first-order valence-corrected chi connectivity index (χ1v) is 8.63. The highest BCUT2D eigenvalue weighted by Crippen LogP contribution is 2.34. The Hall–Kier alpha value is -0.420. The maximum absolute atomic E-state index is 9.47. The van der Waals surface area contributed by atoms with Gasteiger partial charge in [-0.1, -0.05) is 19.3 Å². The maximum atomic E-state index is 9.47. The van der Waals surface area contributed by atoms with E-state index in [1.807, 2.05) is 11.3 Å². The van der Waals surface area contributed by atoms with Crippen LogP contribution in [0.4, 0.5) is 0 Å². The number of aryl methyl sites for hydroxylation is 1. The lowest BCUT2D eigenvalue weighted by Gasteiger charge is -2.41. The van der Waals surface area contributed by atoms with Crippen molar-refractivity contribution in [2.24, 2.45) is 5.73 Å². The molecule has 1 fully saturated rings. The van der Waals surface area contributed by atoms with E-state index in [0.29, 0.717) is 6.04 Å². The van der Waals surface area contributed by atoms with Gasteiger partial charge < -0.3 is 10.8 Å². The quantitative estimate of drug-likeness (QED) is 0.848. The number of rotatable bonds is 6. The molecule has 20 heavy (non-hydrogen) atoms. The summed E-state index contributed by atoms with van der Waals surface area (Å²) in [5.74, 6) is 0. The molecule has 4 heteroatoms. The van der Waals surface area contributed by atoms with Gasteiger partial charge >= 0.3 is 0 Å². The van der Waals surface area contributed by atoms with Crippen molar-refractivity contribution in [2.45, 2.75) is 64.1 Å². The molecule has 1 aliphatic rings. The topological polar surface area (TPSA) is 49.5 Å². The van der Waals surface area contributed by atoms with Crippen LogP contribution >= 0.6 is 11.3 Å². The van der Waals surface area contributed by atoms with E-state index in [-0.39, 0.29) is 18.7 Å². The molecule has 2 atom stereocenters. The number of nitrogens with zero attached hydrogens (tertiary/aromatic N) is 1. The second kappa shape index (κ2) is 7.55. The summed E-state index contributed by atoms with van der Waals surface area (Å²) in [7, 11) is 0. The van der Waals surface area contributed by atoms with Gasteiger partial charge in [0.15, 0.2) is 0 Å². The molecule has 2 rings (SSSR count). The molecule has 0 aliphatic heterocycles. The number of hydrogen-bond acceptors (Lipinski definition) is 4. The fourth-order valence-corrected chi connectivity index (χ4v) is 4.53. The number of aliphatic hydroxyl groups is 1. The third-order valence-electron chi connectivity index (χ3n) is 4.31. The number of nitrogens with two attached hydrogens (primary N) is 1. The van der Waals surface area contributed by atoms with E-state index < -0.39 is 0 Å². The summed E-state index contributed by atoms with van der Waals surface area (Å²) < 4.78 is 0. The predicted octanol–water partition coefficient (Wildman–Crippen LogP) is 3.07. The van der Waals surface area contributed by atoms with Crippen LogP contribution in [0.15, 0.2) is 12.1 Å². The van der Waals surface area contributed by atoms with Gasteiger partial charge in [-0.3, -0.25) is 4.90 Å². The maximum Gasteiger partial charge on any atom is 0.0594 e. The smallest absolute Gasteiger partial charge is 0.0594 e. The van der Waals surface area contributed by atoms with Gasteiger partial charge in [0.05, 0.1) is 12.6 Å². The summed E-state index contributed by atoms with van der Waals surface area (Å²) >= 11 is 1.84. The summed E-state index contributed by atoms with van der Waals surface area (Å²) in [5.41, 5.74) is 6.30. The Morgan fingerprint density at radius 1 is 1.35 bits per heavy atom. The molecule has 1 heterocycles. The third-order valence-corrected chi connectivity index (χ3v) is 5.38. The van der Waals surface area contributed by atoms with Gasteiger partial charge in [-0.2, -0.15) is 0 Å². The minimum atomic E-state index is 0.0847. The summed E-state index contributed by atoms with van der Waals surface area (Å²) in [5, 5.41) is 9.47. The summed E-state index contributed by atoms with van der Waals surface area (Å²) in [6.45, 7) is 5.17. The SMILES string of the molecule is Cc1ccc(C(C(C)N)N(CCO)C2CCCCC2)s1. The van der Waals surface area contributed by atoms with Crippen LogP contribution in [-0.2, 0) is 0 Å². The standard InChI is InChI=1S/C16H28N2OS/c1-12-8-9-15(20-12)16(13(2)17)18(10-11-19)14-6-4-3-5-7-14/h8-9,13-14,16,19H,3-7,10-11,17H2,1-2H3. The van der Waals surface area contributed by atoms with Gasteiger partial charge in [-0.25, -0.2) is 0 Å². The summed E-state index contributed by atoms with van der Waals surface area (Å²) in [4.78, 5) is 5.14. The monoisotopic (exact) mass is 296 g/mol. The van der Waals surface area contributed by atoms with Crippen LogP contribution in [0.1, 0.15) is 54.8 Å². The molecule has 0 radical (unpaired) electrons. The van der Waals surface area contributed by atoms with Crippen molar-refractivity contribution in [3.63, 3.8) is 0 Å². The zero-order chi connectivity index (χ0) is 14.5. The minimum Gasteiger partial charge on any atom is -0.395 e. The Labute approximate surface area is 126 Å². The molecule has 0 aromatic carbocycles. The second-order valence-electron chi connectivity index (χ2n) is 6.01. The molecule has 0 amide bonds. The van der Waals surface area contributed by atoms with E-state index in [2.05, 4.69) is 30.9 Å². The van der Waals surface area contributed by atoms with Crippen LogP contribution in [0, 0.1) is 6.92 Å². The Bertz CT molecular complexity index is 399. The largest absolute Gasteiger partial charge is 0.395 e. The molecule has 1 aromatic rings. The van der Waals surface area contributed by atoms with Crippen molar-refractivity contribution >= 4 is 11.3 Å². The molecule has 3 nitrogen and oxygen atoms in total. The van der Waals surface area contributed by atoms with Gasteiger partial charge in [0.2, 0.25) is 0 Å². The highest BCUT2D eigenvalue weighted by atomic mass is 32.1. The zero-order valence-corrected chi connectivity index (χ0v) is 13.5. The molecule has 0 bridgehead atoms. The van der Waals surface area contributed by atoms with Crippen molar-refractivity contribution < 1.29 is 5.11 Å². The number of aliphatic hydroxyl groups excluding tert-OH is 1. The molecule has 1 saturated carbocycles. The lowest BCUT2D eigenvalue weighted by atomic mass is 9.92. The second-order valence-corrected chi connectivity index (χ2v) is 7.33. The van der Waals surface area contributed by atoms with Gasteiger partial charge in [-0.15, -0.1) is 11.3 Å². The van der Waals surface area contributed by atoms with Crippen molar-refractivity contribution in [1.29, 1.82) is 0 Å². The average molecular weight is 296 g/mol. The number of thiophene rings is 1. The summed E-state index contributed by atoms with van der Waals surface area (Å²) in [6, 6.07) is 5.29. The van der Waals surface area contributed by atoms with Crippen LogP contribution in [-0.4, -0.2) is 35.2 Å². The van der Waals surface area contributed by atoms with Gasteiger partial charge in [0, 0.05) is 28.4 Å². The zero-order valence-electron chi connectivity index (χ0n) is 12.7. The summed E-state index contributed by atoms with van der Waals surface area (Å²) in [6.07, 6.45) is 6.45. The normalized spacial score (nSPS) is 20.2. The first-order valence-electron chi connectivity index (χ1n) is 7.82. The van der Waals surface area contributed by atoms with Crippen LogP contribution in [0.25, 0.3) is 0 Å². The Morgan fingerprint density at radius 2 is 2.05 bits per heavy atom. The van der Waals surface area contributed by atoms with E-state index in [1.54, 1.807) is 0 Å². The van der Waals surface area contributed by atoms with Crippen molar-refractivity contribution in [1.82, 2.24) is 4.90 Å². The molecule has 0 saturated heterocycles. The van der Waals surface area contributed by atoms with Crippen molar-refractivity contribution in [2.75, 3.05) is 13.2 Å². The first-order chi connectivity index (χ1) is 9.63. The van der Waals surface area contributed by atoms with E-state index in [1.165, 1.54) is 41.9 Å². The fraction of sp³-hybridized carbons (Fsp3) is 0.750. The van der Waals surface area contributed by atoms with E-state index >= 15 is 0 Å². The molecule has 1 aromatic heterocycles. The lowest BCUT2D eigenvalue weighted by molar-refractivity contribution is 0.0715. The number of hydrogen-bond donors (Lipinski definition) is 2. The van der Waals surface area contributed by atoms with E-state index in [9.17, 15) is 5.11 Å². The molecule has 3 N–H and O–H groups in total. The molecule has 1 aliphatic carbocycles. The van der Waals surface area contributed by atoms with E-state index in [0.717, 1.165) is 6.54 Å². The Morgan fingerprint density at radius 3 is 2.55 bits per heavy atom. The van der Waals surface area contributed by atoms with Crippen molar-refractivity contribution in [3.05, 3.63) is 21.9 Å². The molecule has 114 valence electrons. The van der Waals surface area contributed by atoms with E-state index in [4.69, 9.17) is 5.73 Å². The Kier molecular flexibility index (Phi) is 6.02. The van der Waals surface area contributed by atoms with Gasteiger partial charge in [0.1, 0.15) is 0 Å². The van der Waals surface area contributed by atoms with Crippen molar-refractivity contribution in [3.8, 4) is 0 Å². The minimum absolute atomic E-state index is 0.0847. The van der Waals surface area contributed by atoms with Crippen LogP contribution in [0.5, 0.6) is 0 Å². The molecular formula is C16H28N2OS.